The van der Waals surface area contributed by atoms with Gasteiger partial charge in [0.25, 0.3) is 0 Å². The van der Waals surface area contributed by atoms with Crippen LogP contribution < -0.4 is 0 Å². The summed E-state index contributed by atoms with van der Waals surface area (Å²) in [6.45, 7) is 8.82. The quantitative estimate of drug-likeness (QED) is 0.253. The van der Waals surface area contributed by atoms with Gasteiger partial charge in [0.05, 0.1) is 0 Å². The summed E-state index contributed by atoms with van der Waals surface area (Å²) in [5, 5.41) is 0. The molecule has 1 aromatic carbocycles. The van der Waals surface area contributed by atoms with Gasteiger partial charge in [-0.3, -0.25) is 0 Å². The van der Waals surface area contributed by atoms with Crippen LogP contribution in [-0.4, -0.2) is 6.26 Å². The number of hydrogen-bond acceptors (Lipinski definition) is 0. The van der Waals surface area contributed by atoms with Crippen molar-refractivity contribution in [3.8, 4) is 0 Å². The first kappa shape index (κ1) is 18.6. The summed E-state index contributed by atoms with van der Waals surface area (Å²) in [7, 11) is -10.7. The van der Waals surface area contributed by atoms with Crippen molar-refractivity contribution in [1.82, 2.24) is 0 Å². The van der Waals surface area contributed by atoms with Crippen molar-refractivity contribution in [3.05, 3.63) is 28.3 Å². The third kappa shape index (κ3) is 9.16. The van der Waals surface area contributed by atoms with Gasteiger partial charge in [0.1, 0.15) is 6.26 Å². The second kappa shape index (κ2) is 4.85. The Morgan fingerprint density at radius 1 is 0.789 bits per heavy atom. The van der Waals surface area contributed by atoms with Gasteiger partial charge in [-0.1, -0.05) is 0 Å². The van der Waals surface area contributed by atoms with E-state index in [-0.39, 0.29) is 0 Å². The average Bonchev–Trinajstić information content (AvgIpc) is 2.15. The van der Waals surface area contributed by atoms with Gasteiger partial charge in [0.2, 0.25) is 0 Å². The SMILES string of the molecule is C[SH+]c1cc(C)c(C)c(C)c1C.F[P-](F)(F)(F)(F)F. The molecule has 114 valence electrons. The molecular formula is C11H17F6PS. The molecule has 0 fully saturated rings. The van der Waals surface area contributed by atoms with E-state index in [0.717, 1.165) is 0 Å². The Morgan fingerprint density at radius 3 is 1.47 bits per heavy atom. The van der Waals surface area contributed by atoms with Crippen LogP contribution >= 0.6 is 7.81 Å². The molecule has 0 aliphatic heterocycles. The predicted octanol–water partition coefficient (Wildman–Crippen LogP) is 6.11. The molecular weight excluding hydrogens is 309 g/mol. The minimum atomic E-state index is -10.7. The fourth-order valence-electron chi connectivity index (χ4n) is 1.42. The fraction of sp³-hybridized carbons (Fsp3) is 0.455. The van der Waals surface area contributed by atoms with E-state index in [0.29, 0.717) is 0 Å². The second-order valence-corrected chi connectivity index (χ2v) is 7.12. The summed E-state index contributed by atoms with van der Waals surface area (Å²) < 4.78 is 59.2. The average molecular weight is 326 g/mol. The Kier molecular flexibility index (Phi) is 4.74. The minimum absolute atomic E-state index is 1.38. The van der Waals surface area contributed by atoms with Crippen LogP contribution in [-0.2, 0) is 11.8 Å². The Balaban J connectivity index is 0.000000399. The zero-order valence-corrected chi connectivity index (χ0v) is 13.0. The molecule has 0 aliphatic carbocycles. The van der Waals surface area contributed by atoms with Gasteiger partial charge >= 0.3 is 33.0 Å². The van der Waals surface area contributed by atoms with Gasteiger partial charge in [-0.25, -0.2) is 0 Å². The second-order valence-electron chi connectivity index (χ2n) is 4.27. The van der Waals surface area contributed by atoms with E-state index in [1.165, 1.54) is 38.9 Å². The molecule has 0 aromatic heterocycles. The maximum atomic E-state index is 9.87. The monoisotopic (exact) mass is 326 g/mol. The zero-order valence-electron chi connectivity index (χ0n) is 11.2. The summed E-state index contributed by atoms with van der Waals surface area (Å²) in [6, 6.07) is 2.30. The normalized spacial score (nSPS) is 15.1. The third-order valence-corrected chi connectivity index (χ3v) is 3.64. The molecule has 8 heteroatoms. The van der Waals surface area contributed by atoms with Gasteiger partial charge < -0.3 is 0 Å². The molecule has 0 spiro atoms. The first-order valence-corrected chi connectivity index (χ1v) is 8.63. The van der Waals surface area contributed by atoms with Gasteiger partial charge in [0.15, 0.2) is 4.90 Å². The summed E-state index contributed by atoms with van der Waals surface area (Å²) >= 11 is 1.38. The molecule has 0 atom stereocenters. The molecule has 0 saturated heterocycles. The first-order chi connectivity index (χ1) is 8.02. The van der Waals surface area contributed by atoms with Crippen molar-refractivity contribution < 1.29 is 25.2 Å². The van der Waals surface area contributed by atoms with Crippen LogP contribution in [0.2, 0.25) is 0 Å². The molecule has 0 aliphatic rings. The Labute approximate surface area is 112 Å². The van der Waals surface area contributed by atoms with E-state index in [2.05, 4.69) is 40.0 Å². The summed E-state index contributed by atoms with van der Waals surface area (Å²) in [4.78, 5) is 1.47. The topological polar surface area (TPSA) is 0 Å². The Morgan fingerprint density at radius 2 is 1.16 bits per heavy atom. The zero-order chi connectivity index (χ0) is 15.7. The number of benzene rings is 1. The van der Waals surface area contributed by atoms with Gasteiger partial charge in [0, 0.05) is 17.3 Å². The van der Waals surface area contributed by atoms with Crippen LogP contribution in [0.3, 0.4) is 0 Å². The molecule has 0 radical (unpaired) electrons. The van der Waals surface area contributed by atoms with Crippen LogP contribution in [0.25, 0.3) is 0 Å². The number of rotatable bonds is 1. The summed E-state index contributed by atoms with van der Waals surface area (Å²) in [5.74, 6) is 0. The van der Waals surface area contributed by atoms with Crippen LogP contribution in [0, 0.1) is 27.7 Å². The molecule has 0 saturated carbocycles. The first-order valence-electron chi connectivity index (χ1n) is 5.26. The molecule has 19 heavy (non-hydrogen) atoms. The van der Waals surface area contributed by atoms with E-state index in [4.69, 9.17) is 0 Å². The summed E-state index contributed by atoms with van der Waals surface area (Å²) in [5.41, 5.74) is 5.78. The van der Waals surface area contributed by atoms with Crippen molar-refractivity contribution in [1.29, 1.82) is 0 Å². The molecule has 0 amide bonds. The van der Waals surface area contributed by atoms with Gasteiger partial charge in [-0.05, 0) is 50.5 Å². The Bertz CT molecular complexity index is 466. The number of hydrogen-bond donors (Lipinski definition) is 0. The molecule has 1 rings (SSSR count). The van der Waals surface area contributed by atoms with Crippen molar-refractivity contribution >= 4 is 19.6 Å². The maximum absolute atomic E-state index is 10.7. The fourth-order valence-corrected chi connectivity index (χ4v) is 2.25. The van der Waals surface area contributed by atoms with Gasteiger partial charge in [-0.2, -0.15) is 0 Å². The van der Waals surface area contributed by atoms with E-state index < -0.39 is 7.81 Å². The molecule has 0 unspecified atom stereocenters. The van der Waals surface area contributed by atoms with Gasteiger partial charge in [-0.15, -0.1) is 0 Å². The van der Waals surface area contributed by atoms with Crippen LogP contribution in [0.15, 0.2) is 11.0 Å². The van der Waals surface area contributed by atoms with E-state index >= 15 is 0 Å². The standard InChI is InChI=1S/C11H16S.F6P/c1-7-6-11(12-5)10(4)9(3)8(7)2;1-7(2,3,4,5)6/h6H,1-5H3;/q;-1/p+1. The van der Waals surface area contributed by atoms with Crippen molar-refractivity contribution in [2.75, 3.05) is 6.26 Å². The summed E-state index contributed by atoms with van der Waals surface area (Å²) in [6.07, 6.45) is 2.19. The van der Waals surface area contributed by atoms with Crippen molar-refractivity contribution in [3.63, 3.8) is 0 Å². The van der Waals surface area contributed by atoms with E-state index in [1.807, 2.05) is 0 Å². The molecule has 0 N–H and O–H groups in total. The van der Waals surface area contributed by atoms with E-state index in [9.17, 15) is 25.2 Å². The molecule has 0 heterocycles. The number of halogens is 6. The Hall–Kier alpha value is -0.420. The molecule has 0 bridgehead atoms. The van der Waals surface area contributed by atoms with E-state index in [1.54, 1.807) is 0 Å². The third-order valence-electron chi connectivity index (χ3n) is 2.69. The predicted molar refractivity (Wildman–Crippen MR) is 71.9 cm³/mol. The van der Waals surface area contributed by atoms with Crippen LogP contribution in [0.5, 0.6) is 0 Å². The van der Waals surface area contributed by atoms with Crippen LogP contribution in [0.4, 0.5) is 25.2 Å². The molecule has 0 nitrogen and oxygen atoms in total. The molecule has 1 aromatic rings. The van der Waals surface area contributed by atoms with Crippen LogP contribution in [0.1, 0.15) is 22.3 Å². The number of aryl methyl sites for hydroxylation is 1. The van der Waals surface area contributed by atoms with Crippen molar-refractivity contribution in [2.45, 2.75) is 32.6 Å². The van der Waals surface area contributed by atoms with Crippen molar-refractivity contribution in [2.24, 2.45) is 0 Å². The number of thiol groups is 1.